The highest BCUT2D eigenvalue weighted by molar-refractivity contribution is 6.35. The van der Waals surface area contributed by atoms with Gasteiger partial charge in [-0.3, -0.25) is 0 Å². The van der Waals surface area contributed by atoms with Gasteiger partial charge in [-0.2, -0.15) is 0 Å². The van der Waals surface area contributed by atoms with Crippen molar-refractivity contribution < 1.29 is 5.21 Å². The Balaban J connectivity index is 1.94. The van der Waals surface area contributed by atoms with Gasteiger partial charge in [-0.1, -0.05) is 41.0 Å². The molecule has 2 aromatic carbocycles. The molecule has 126 valence electrons. The van der Waals surface area contributed by atoms with E-state index in [0.717, 1.165) is 16.8 Å². The Hall–Kier alpha value is -3.05. The van der Waals surface area contributed by atoms with E-state index in [1.807, 2.05) is 37.3 Å². The van der Waals surface area contributed by atoms with Gasteiger partial charge in [0.25, 0.3) is 0 Å². The number of pyridine rings is 1. The second-order valence-electron chi connectivity index (χ2n) is 5.52. The lowest BCUT2D eigenvalue weighted by atomic mass is 9.98. The van der Waals surface area contributed by atoms with Crippen LogP contribution >= 0.6 is 11.6 Å². The monoisotopic (exact) mass is 352 g/mol. The van der Waals surface area contributed by atoms with Crippen molar-refractivity contribution >= 4 is 34.5 Å². The third kappa shape index (κ3) is 3.56. The van der Waals surface area contributed by atoms with Crippen LogP contribution in [0.4, 0.5) is 17.2 Å². The van der Waals surface area contributed by atoms with Crippen molar-refractivity contribution in [2.24, 2.45) is 5.16 Å². The number of nitrogens with one attached hydrogen (secondary N) is 1. The maximum absolute atomic E-state index is 9.51. The summed E-state index contributed by atoms with van der Waals surface area (Å²) in [5.74, 6) is 0.557. The minimum absolute atomic E-state index is 0.423. The summed E-state index contributed by atoms with van der Waals surface area (Å²) in [6.07, 6.45) is 1.66. The summed E-state index contributed by atoms with van der Waals surface area (Å²) in [6.45, 7) is 1.95. The number of nitrogen functional groups attached to an aromatic ring is 1. The van der Waals surface area contributed by atoms with Crippen molar-refractivity contribution in [3.63, 3.8) is 0 Å². The Bertz CT molecular complexity index is 940. The van der Waals surface area contributed by atoms with E-state index in [1.165, 1.54) is 0 Å². The van der Waals surface area contributed by atoms with Crippen LogP contribution in [0.1, 0.15) is 16.7 Å². The first-order valence-electron chi connectivity index (χ1n) is 7.65. The molecule has 0 bridgehead atoms. The molecule has 0 aliphatic rings. The molecule has 3 aromatic rings. The van der Waals surface area contributed by atoms with Crippen LogP contribution in [0.2, 0.25) is 5.02 Å². The van der Waals surface area contributed by atoms with Crippen molar-refractivity contribution in [3.8, 4) is 0 Å². The number of oxime groups is 1. The summed E-state index contributed by atoms with van der Waals surface area (Å²) >= 11 is 6.43. The summed E-state index contributed by atoms with van der Waals surface area (Å²) in [5.41, 5.74) is 10.0. The summed E-state index contributed by atoms with van der Waals surface area (Å²) < 4.78 is 0. The van der Waals surface area contributed by atoms with Crippen molar-refractivity contribution in [1.82, 2.24) is 4.98 Å². The van der Waals surface area contributed by atoms with E-state index >= 15 is 0 Å². The van der Waals surface area contributed by atoms with Crippen molar-refractivity contribution in [2.75, 3.05) is 11.1 Å². The fraction of sp³-hybridized carbons (Fsp3) is 0.0526. The fourth-order valence-corrected chi connectivity index (χ4v) is 2.81. The molecule has 0 spiro atoms. The summed E-state index contributed by atoms with van der Waals surface area (Å²) in [7, 11) is 0. The Morgan fingerprint density at radius 1 is 1.12 bits per heavy atom. The van der Waals surface area contributed by atoms with Crippen LogP contribution in [-0.4, -0.2) is 15.9 Å². The Morgan fingerprint density at radius 2 is 1.92 bits per heavy atom. The molecule has 4 N–H and O–H groups in total. The van der Waals surface area contributed by atoms with Gasteiger partial charge in [-0.15, -0.1) is 0 Å². The minimum Gasteiger partial charge on any atom is -0.410 e. The van der Waals surface area contributed by atoms with Gasteiger partial charge >= 0.3 is 0 Å². The van der Waals surface area contributed by atoms with Crippen LogP contribution in [0.3, 0.4) is 0 Å². The quantitative estimate of drug-likeness (QED) is 0.364. The Kier molecular flexibility index (Phi) is 4.86. The van der Waals surface area contributed by atoms with Gasteiger partial charge in [0, 0.05) is 23.0 Å². The lowest BCUT2D eigenvalue weighted by Crippen LogP contribution is -2.07. The highest BCUT2D eigenvalue weighted by Gasteiger charge is 2.14. The molecular formula is C19H17ClN4O. The lowest BCUT2D eigenvalue weighted by Gasteiger charge is -2.12. The molecule has 0 saturated heterocycles. The zero-order valence-corrected chi connectivity index (χ0v) is 14.3. The van der Waals surface area contributed by atoms with E-state index in [2.05, 4.69) is 15.5 Å². The molecular weight excluding hydrogens is 336 g/mol. The number of nitrogens with two attached hydrogens (primary N) is 1. The molecule has 0 atom stereocenters. The smallest absolute Gasteiger partial charge is 0.153 e. The summed E-state index contributed by atoms with van der Waals surface area (Å²) in [4.78, 5) is 4.19. The molecule has 0 fully saturated rings. The molecule has 1 aromatic heterocycles. The first kappa shape index (κ1) is 16.8. The summed E-state index contributed by atoms with van der Waals surface area (Å²) in [6, 6.07) is 16.6. The molecule has 0 radical (unpaired) electrons. The highest BCUT2D eigenvalue weighted by atomic mass is 35.5. The topological polar surface area (TPSA) is 83.5 Å². The number of benzene rings is 2. The minimum atomic E-state index is 0.423. The molecule has 0 amide bonds. The van der Waals surface area contributed by atoms with E-state index in [1.54, 1.807) is 30.5 Å². The molecule has 0 saturated carbocycles. The molecule has 25 heavy (non-hydrogen) atoms. The maximum atomic E-state index is 9.51. The van der Waals surface area contributed by atoms with E-state index in [0.29, 0.717) is 27.8 Å². The average molecular weight is 353 g/mol. The number of hydrogen-bond acceptors (Lipinski definition) is 5. The first-order valence-corrected chi connectivity index (χ1v) is 8.03. The number of aromatic nitrogens is 1. The average Bonchev–Trinajstić information content (AvgIpc) is 2.61. The SMILES string of the molecule is Cc1ccccc1/C(=N/O)c1ccc(Nc2ncccc2N)cc1Cl. The molecule has 6 heteroatoms. The van der Waals surface area contributed by atoms with Crippen LogP contribution in [0.15, 0.2) is 65.9 Å². The molecule has 0 unspecified atom stereocenters. The van der Waals surface area contributed by atoms with E-state index < -0.39 is 0 Å². The predicted molar refractivity (Wildman–Crippen MR) is 102 cm³/mol. The maximum Gasteiger partial charge on any atom is 0.153 e. The van der Waals surface area contributed by atoms with Gasteiger partial charge in [0.05, 0.1) is 10.7 Å². The number of halogens is 1. The van der Waals surface area contributed by atoms with Gasteiger partial charge in [-0.05, 0) is 42.8 Å². The van der Waals surface area contributed by atoms with Gasteiger partial charge in [0.1, 0.15) is 5.71 Å². The highest BCUT2D eigenvalue weighted by Crippen LogP contribution is 2.27. The van der Waals surface area contributed by atoms with Gasteiger partial charge in [0.2, 0.25) is 0 Å². The Morgan fingerprint density at radius 3 is 2.60 bits per heavy atom. The normalized spacial score (nSPS) is 11.4. The summed E-state index contributed by atoms with van der Waals surface area (Å²) in [5, 5.41) is 16.5. The second-order valence-corrected chi connectivity index (χ2v) is 5.93. The van der Waals surface area contributed by atoms with Crippen molar-refractivity contribution in [3.05, 3.63) is 82.5 Å². The molecule has 1 heterocycles. The number of aryl methyl sites for hydroxylation is 1. The van der Waals surface area contributed by atoms with E-state index in [-0.39, 0.29) is 0 Å². The van der Waals surface area contributed by atoms with Crippen molar-refractivity contribution in [1.29, 1.82) is 0 Å². The molecule has 5 nitrogen and oxygen atoms in total. The number of anilines is 3. The zero-order valence-electron chi connectivity index (χ0n) is 13.6. The zero-order chi connectivity index (χ0) is 17.8. The third-order valence-electron chi connectivity index (χ3n) is 3.83. The van der Waals surface area contributed by atoms with Gasteiger partial charge in [0.15, 0.2) is 5.82 Å². The molecule has 0 aliphatic heterocycles. The lowest BCUT2D eigenvalue weighted by molar-refractivity contribution is 0.319. The van der Waals surface area contributed by atoms with Gasteiger partial charge < -0.3 is 16.3 Å². The number of nitrogens with zero attached hydrogens (tertiary/aromatic N) is 2. The van der Waals surface area contributed by atoms with E-state index in [4.69, 9.17) is 17.3 Å². The van der Waals surface area contributed by atoms with Crippen LogP contribution < -0.4 is 11.1 Å². The van der Waals surface area contributed by atoms with Gasteiger partial charge in [-0.25, -0.2) is 4.98 Å². The predicted octanol–water partition coefficient (Wildman–Crippen LogP) is 4.60. The van der Waals surface area contributed by atoms with Crippen LogP contribution in [0.5, 0.6) is 0 Å². The standard InChI is InChI=1S/C19H17ClN4O/c1-12-5-2-3-6-14(12)18(24-25)15-9-8-13(11-16(15)20)23-19-17(21)7-4-10-22-19/h2-11,25H,21H2,1H3,(H,22,23)/b24-18-. The second kappa shape index (κ2) is 7.23. The van der Waals surface area contributed by atoms with Crippen LogP contribution in [0, 0.1) is 6.92 Å². The molecule has 0 aliphatic carbocycles. The van der Waals surface area contributed by atoms with Crippen molar-refractivity contribution in [2.45, 2.75) is 6.92 Å². The van der Waals surface area contributed by atoms with E-state index in [9.17, 15) is 5.21 Å². The fourth-order valence-electron chi connectivity index (χ4n) is 2.54. The Labute approximate surface area is 150 Å². The first-order chi connectivity index (χ1) is 12.1. The molecule has 3 rings (SSSR count). The van der Waals surface area contributed by atoms with Crippen LogP contribution in [0.25, 0.3) is 0 Å². The van der Waals surface area contributed by atoms with Crippen LogP contribution in [-0.2, 0) is 0 Å². The third-order valence-corrected chi connectivity index (χ3v) is 4.14. The number of hydrogen-bond donors (Lipinski definition) is 3. The largest absolute Gasteiger partial charge is 0.410 e. The number of rotatable bonds is 4.